The van der Waals surface area contributed by atoms with Gasteiger partial charge in [0.1, 0.15) is 6.07 Å². The summed E-state index contributed by atoms with van der Waals surface area (Å²) >= 11 is 22.3. The predicted molar refractivity (Wildman–Crippen MR) is 104 cm³/mol. The minimum Gasteiger partial charge on any atom is -0.393 e. The Morgan fingerprint density at radius 2 is 1.31 bits per heavy atom. The molecule has 5 nitrogen and oxygen atoms in total. The highest BCUT2D eigenvalue weighted by atomic mass is 35.5. The van der Waals surface area contributed by atoms with E-state index < -0.39 is 31.3 Å². The molecule has 0 fully saturated rings. The van der Waals surface area contributed by atoms with Gasteiger partial charge < -0.3 is 4.43 Å². The van der Waals surface area contributed by atoms with E-state index in [2.05, 4.69) is 0 Å². The molecular formula is C16H13Cl4NO4Si. The summed E-state index contributed by atoms with van der Waals surface area (Å²) in [6.45, 7) is 5.78. The van der Waals surface area contributed by atoms with Crippen LogP contribution < -0.4 is 0 Å². The van der Waals surface area contributed by atoms with Gasteiger partial charge >= 0.3 is 0 Å². The molecule has 1 unspecified atom stereocenters. The minimum atomic E-state index is -1.99. The molecule has 26 heavy (non-hydrogen) atoms. The van der Waals surface area contributed by atoms with E-state index in [0.717, 1.165) is 18.2 Å². The van der Waals surface area contributed by atoms with Crippen LogP contribution in [0.2, 0.25) is 19.6 Å². The summed E-state index contributed by atoms with van der Waals surface area (Å²) in [6, 6.07) is 1.97. The van der Waals surface area contributed by atoms with Crippen LogP contribution in [0.5, 0.6) is 0 Å². The molecule has 10 heteroatoms. The second-order valence-corrected chi connectivity index (χ2v) is 12.2. The summed E-state index contributed by atoms with van der Waals surface area (Å²) in [5, 5.41) is 9.03. The average molecular weight is 453 g/mol. The van der Waals surface area contributed by atoms with E-state index in [1.54, 1.807) is 0 Å². The van der Waals surface area contributed by atoms with Gasteiger partial charge in [-0.1, -0.05) is 46.4 Å². The number of ketones is 3. The summed E-state index contributed by atoms with van der Waals surface area (Å²) in [5.74, 6) is -1.26. The minimum absolute atomic E-state index is 0.0378. The molecule has 0 aliphatic heterocycles. The van der Waals surface area contributed by atoms with Crippen molar-refractivity contribution in [1.29, 1.82) is 5.26 Å². The van der Waals surface area contributed by atoms with Gasteiger partial charge in [-0.15, -0.1) is 0 Å². The highest BCUT2D eigenvalue weighted by molar-refractivity contribution is 6.70. The van der Waals surface area contributed by atoms with Gasteiger partial charge in [0, 0.05) is 18.2 Å². The number of hydrogen-bond acceptors (Lipinski definition) is 5. The van der Waals surface area contributed by atoms with Crippen LogP contribution in [-0.2, 0) is 18.8 Å². The first-order valence-electron chi connectivity index (χ1n) is 7.06. The standard InChI is InChI=1S/C10H11Cl2NO2Si.C6H2Cl2O2/c1-16(2,3)15-10(6-13)5-7(11)8(14)4-9(10)12;7-3-1-5(9)4(8)2-6(3)10/h4-5H,1-3H3;1-2H. The third-order valence-electron chi connectivity index (χ3n) is 2.80. The lowest BCUT2D eigenvalue weighted by atomic mass is 9.99. The molecule has 0 aromatic rings. The van der Waals surface area contributed by atoms with E-state index in [4.69, 9.17) is 50.8 Å². The monoisotopic (exact) mass is 451 g/mol. The normalized spacial score (nSPS) is 23.1. The van der Waals surface area contributed by atoms with Gasteiger partial charge in [-0.05, 0) is 25.7 Å². The molecule has 0 heterocycles. The van der Waals surface area contributed by atoms with E-state index in [9.17, 15) is 19.6 Å². The quantitative estimate of drug-likeness (QED) is 0.460. The van der Waals surface area contributed by atoms with Crippen molar-refractivity contribution in [2.75, 3.05) is 0 Å². The summed E-state index contributed by atoms with van der Waals surface area (Å²) in [7, 11) is -1.99. The molecule has 2 aliphatic rings. The van der Waals surface area contributed by atoms with Crippen LogP contribution in [0.1, 0.15) is 0 Å². The molecule has 0 aromatic heterocycles. The van der Waals surface area contributed by atoms with Crippen molar-refractivity contribution in [3.63, 3.8) is 0 Å². The fraction of sp³-hybridized carbons (Fsp3) is 0.250. The van der Waals surface area contributed by atoms with E-state index >= 15 is 0 Å². The number of carbonyl (C=O) groups excluding carboxylic acids is 3. The summed E-state index contributed by atoms with van der Waals surface area (Å²) in [5.41, 5.74) is -1.41. The molecule has 0 bridgehead atoms. The van der Waals surface area contributed by atoms with Crippen LogP contribution in [0, 0.1) is 11.3 Å². The van der Waals surface area contributed by atoms with Crippen molar-refractivity contribution in [2.24, 2.45) is 0 Å². The largest absolute Gasteiger partial charge is 0.393 e. The third kappa shape index (κ3) is 5.91. The molecule has 0 spiro atoms. The smallest absolute Gasteiger partial charge is 0.201 e. The maximum atomic E-state index is 11.3. The van der Waals surface area contributed by atoms with E-state index in [-0.39, 0.29) is 20.1 Å². The van der Waals surface area contributed by atoms with Crippen molar-refractivity contribution >= 4 is 72.1 Å². The van der Waals surface area contributed by atoms with Crippen LogP contribution in [0.4, 0.5) is 0 Å². The van der Waals surface area contributed by atoms with Crippen LogP contribution in [0.25, 0.3) is 0 Å². The topological polar surface area (TPSA) is 84.2 Å². The first-order valence-corrected chi connectivity index (χ1v) is 12.0. The Kier molecular flexibility index (Phi) is 7.60. The average Bonchev–Trinajstić information content (AvgIpc) is 2.50. The Morgan fingerprint density at radius 1 is 0.885 bits per heavy atom. The fourth-order valence-corrected chi connectivity index (χ4v) is 3.78. The maximum Gasteiger partial charge on any atom is 0.201 e. The number of hydrogen-bond donors (Lipinski definition) is 0. The van der Waals surface area contributed by atoms with Crippen molar-refractivity contribution in [3.05, 3.63) is 44.4 Å². The first-order chi connectivity index (χ1) is 11.8. The van der Waals surface area contributed by atoms with E-state index in [1.807, 2.05) is 25.7 Å². The Hall–Kier alpha value is -1.20. The Morgan fingerprint density at radius 3 is 1.69 bits per heavy atom. The molecule has 0 saturated carbocycles. The van der Waals surface area contributed by atoms with Gasteiger partial charge in [0.05, 0.1) is 20.1 Å². The molecule has 0 aromatic carbocycles. The summed E-state index contributed by atoms with van der Waals surface area (Å²) in [4.78, 5) is 32.5. The molecule has 138 valence electrons. The Bertz CT molecular complexity index is 802. The van der Waals surface area contributed by atoms with E-state index in [0.29, 0.717) is 0 Å². The number of allylic oxidation sites excluding steroid dienone is 6. The van der Waals surface area contributed by atoms with Crippen LogP contribution in [0.3, 0.4) is 0 Å². The SMILES string of the molecule is C[Si](C)(C)OC1(C#N)C=C(Cl)C(=O)C=C1Cl.O=C1C=C(Cl)C(=O)C=C1Cl. The number of rotatable bonds is 2. The number of halogens is 4. The highest BCUT2D eigenvalue weighted by Crippen LogP contribution is 2.35. The lowest BCUT2D eigenvalue weighted by Gasteiger charge is -2.32. The van der Waals surface area contributed by atoms with Crippen molar-refractivity contribution in [1.82, 2.24) is 0 Å². The van der Waals surface area contributed by atoms with Crippen molar-refractivity contribution in [3.8, 4) is 6.07 Å². The molecule has 1 atom stereocenters. The van der Waals surface area contributed by atoms with Crippen molar-refractivity contribution < 1.29 is 18.8 Å². The molecule has 0 radical (unpaired) electrons. The van der Waals surface area contributed by atoms with Gasteiger partial charge in [0.2, 0.25) is 5.60 Å². The maximum absolute atomic E-state index is 11.3. The van der Waals surface area contributed by atoms with E-state index in [1.165, 1.54) is 6.08 Å². The van der Waals surface area contributed by atoms with Gasteiger partial charge in [0.15, 0.2) is 25.7 Å². The van der Waals surface area contributed by atoms with Crippen LogP contribution in [0.15, 0.2) is 44.4 Å². The zero-order valence-corrected chi connectivity index (χ0v) is 17.9. The molecule has 0 N–H and O–H groups in total. The number of carbonyl (C=O) groups is 3. The first kappa shape index (κ1) is 22.8. The molecule has 2 rings (SSSR count). The van der Waals surface area contributed by atoms with Gasteiger partial charge in [-0.2, -0.15) is 5.26 Å². The fourth-order valence-electron chi connectivity index (χ4n) is 1.79. The molecule has 0 amide bonds. The summed E-state index contributed by atoms with van der Waals surface area (Å²) in [6.07, 6.45) is 4.42. The zero-order chi connectivity index (χ0) is 20.3. The van der Waals surface area contributed by atoms with Crippen LogP contribution in [-0.4, -0.2) is 31.3 Å². The molecular weight excluding hydrogens is 440 g/mol. The Balaban J connectivity index is 0.000000289. The lowest BCUT2D eigenvalue weighted by Crippen LogP contribution is -2.42. The Labute approximate surface area is 171 Å². The van der Waals surface area contributed by atoms with Gasteiger partial charge in [-0.3, -0.25) is 14.4 Å². The predicted octanol–water partition coefficient (Wildman–Crippen LogP) is 4.31. The second kappa shape index (κ2) is 8.66. The zero-order valence-electron chi connectivity index (χ0n) is 13.9. The highest BCUT2D eigenvalue weighted by Gasteiger charge is 2.41. The van der Waals surface area contributed by atoms with Gasteiger partial charge in [-0.25, -0.2) is 0 Å². The lowest BCUT2D eigenvalue weighted by molar-refractivity contribution is -0.114. The second-order valence-electron chi connectivity index (χ2n) is 6.12. The third-order valence-corrected chi connectivity index (χ3v) is 5.01. The number of nitriles is 1. The molecule has 0 saturated heterocycles. The number of nitrogens with zero attached hydrogens (tertiary/aromatic N) is 1. The van der Waals surface area contributed by atoms with Crippen LogP contribution >= 0.6 is 46.4 Å². The van der Waals surface area contributed by atoms with Gasteiger partial charge in [0.25, 0.3) is 0 Å². The van der Waals surface area contributed by atoms with Crippen molar-refractivity contribution in [2.45, 2.75) is 25.2 Å². The summed E-state index contributed by atoms with van der Waals surface area (Å²) < 4.78 is 5.71. The molecule has 2 aliphatic carbocycles.